The summed E-state index contributed by atoms with van der Waals surface area (Å²) in [5.74, 6) is 0. The van der Waals surface area contributed by atoms with Crippen LogP contribution < -0.4 is 5.73 Å². The Morgan fingerprint density at radius 2 is 2.10 bits per heavy atom. The van der Waals surface area contributed by atoms with Gasteiger partial charge in [0.1, 0.15) is 4.99 Å². The van der Waals surface area contributed by atoms with Crippen molar-refractivity contribution in [3.8, 4) is 0 Å². The molecule has 2 N–H and O–H groups in total. The van der Waals surface area contributed by atoms with Gasteiger partial charge in [-0.2, -0.15) is 4.31 Å². The van der Waals surface area contributed by atoms with Crippen LogP contribution in [0.4, 0.5) is 0 Å². The zero-order valence-electron chi connectivity index (χ0n) is 12.0. The van der Waals surface area contributed by atoms with E-state index in [1.165, 1.54) is 22.5 Å². The van der Waals surface area contributed by atoms with Gasteiger partial charge in [0.25, 0.3) is 0 Å². The van der Waals surface area contributed by atoms with Crippen LogP contribution in [0, 0.1) is 0 Å². The molecule has 0 saturated heterocycles. The molecule has 0 fully saturated rings. The number of ether oxygens (including phenoxy) is 1. The van der Waals surface area contributed by atoms with E-state index in [9.17, 15) is 8.42 Å². The molecule has 118 valence electrons. The molecule has 0 heterocycles. The molecule has 0 aromatic heterocycles. The Morgan fingerprint density at radius 3 is 2.57 bits per heavy atom. The summed E-state index contributed by atoms with van der Waals surface area (Å²) in [7, 11) is -3.61. The number of nitrogens with two attached hydrogens (primary N) is 1. The predicted octanol–water partition coefficient (Wildman–Crippen LogP) is 2.02. The molecule has 0 spiro atoms. The number of nitrogens with zero attached hydrogens (tertiary/aromatic N) is 1. The van der Waals surface area contributed by atoms with Gasteiger partial charge in [-0.15, -0.1) is 0 Å². The van der Waals surface area contributed by atoms with Crippen LogP contribution in [0.5, 0.6) is 0 Å². The second-order valence-corrected chi connectivity index (χ2v) is 6.98. The van der Waals surface area contributed by atoms with Crippen molar-refractivity contribution in [2.45, 2.75) is 18.7 Å². The van der Waals surface area contributed by atoms with Crippen molar-refractivity contribution in [2.24, 2.45) is 5.73 Å². The van der Waals surface area contributed by atoms with Crippen molar-refractivity contribution >= 4 is 38.8 Å². The minimum absolute atomic E-state index is 0.117. The van der Waals surface area contributed by atoms with Crippen LogP contribution in [0.15, 0.2) is 23.1 Å². The van der Waals surface area contributed by atoms with Gasteiger partial charge in [0.05, 0.1) is 16.5 Å². The van der Waals surface area contributed by atoms with E-state index in [0.29, 0.717) is 31.9 Å². The molecule has 0 radical (unpaired) electrons. The van der Waals surface area contributed by atoms with Crippen molar-refractivity contribution in [1.29, 1.82) is 0 Å². The lowest BCUT2D eigenvalue weighted by molar-refractivity contribution is 0.135. The lowest BCUT2D eigenvalue weighted by Crippen LogP contribution is -2.34. The maximum absolute atomic E-state index is 12.5. The number of hydrogen-bond donors (Lipinski definition) is 1. The summed E-state index contributed by atoms with van der Waals surface area (Å²) in [6, 6.07) is 4.35. The molecule has 5 nitrogen and oxygen atoms in total. The standard InChI is InChI=1S/C13H19ClN2O3S2/c1-3-16(7-8-19-4-2)21(17,18)10-5-6-11(13(15)20)12(14)9-10/h5-6,9H,3-4,7-8H2,1-2H3,(H2,15,20). The normalized spacial score (nSPS) is 11.8. The summed E-state index contributed by atoms with van der Waals surface area (Å²) in [5, 5.41) is 0.226. The third-order valence-corrected chi connectivity index (χ3v) is 5.39. The lowest BCUT2D eigenvalue weighted by atomic mass is 10.2. The van der Waals surface area contributed by atoms with E-state index >= 15 is 0 Å². The van der Waals surface area contributed by atoms with Crippen LogP contribution in [-0.2, 0) is 14.8 Å². The molecule has 21 heavy (non-hydrogen) atoms. The number of thiocarbonyl (C=S) groups is 1. The van der Waals surface area contributed by atoms with Gasteiger partial charge in [0, 0.05) is 25.3 Å². The molecule has 0 atom stereocenters. The van der Waals surface area contributed by atoms with Crippen LogP contribution in [-0.4, -0.2) is 44.0 Å². The average Bonchev–Trinajstić information content (AvgIpc) is 2.42. The highest BCUT2D eigenvalue weighted by atomic mass is 35.5. The number of halogens is 1. The molecule has 1 aromatic carbocycles. The van der Waals surface area contributed by atoms with E-state index in [4.69, 9.17) is 34.3 Å². The van der Waals surface area contributed by atoms with E-state index in [1.54, 1.807) is 6.92 Å². The van der Waals surface area contributed by atoms with Gasteiger partial charge in [-0.25, -0.2) is 8.42 Å². The van der Waals surface area contributed by atoms with Gasteiger partial charge >= 0.3 is 0 Å². The van der Waals surface area contributed by atoms with Crippen LogP contribution in [0.3, 0.4) is 0 Å². The Kier molecular flexibility index (Phi) is 7.02. The molecule has 0 amide bonds. The maximum atomic E-state index is 12.5. The number of hydrogen-bond acceptors (Lipinski definition) is 4. The Balaban J connectivity index is 3.05. The quantitative estimate of drug-likeness (QED) is 0.573. The van der Waals surface area contributed by atoms with Crippen LogP contribution in [0.25, 0.3) is 0 Å². The van der Waals surface area contributed by atoms with Crippen molar-refractivity contribution in [3.05, 3.63) is 28.8 Å². The molecule has 0 bridgehead atoms. The monoisotopic (exact) mass is 350 g/mol. The van der Waals surface area contributed by atoms with E-state index in [1.807, 2.05) is 6.92 Å². The molecule has 0 aliphatic carbocycles. The Bertz CT molecular complexity index is 605. The lowest BCUT2D eigenvalue weighted by Gasteiger charge is -2.20. The number of likely N-dealkylation sites (N-methyl/N-ethyl adjacent to an activating group) is 1. The van der Waals surface area contributed by atoms with Gasteiger partial charge in [-0.3, -0.25) is 0 Å². The maximum Gasteiger partial charge on any atom is 0.243 e. The Morgan fingerprint density at radius 1 is 1.43 bits per heavy atom. The predicted molar refractivity (Wildman–Crippen MR) is 88.3 cm³/mol. The molecule has 0 aliphatic heterocycles. The van der Waals surface area contributed by atoms with Crippen LogP contribution in [0.1, 0.15) is 19.4 Å². The van der Waals surface area contributed by atoms with Crippen molar-refractivity contribution < 1.29 is 13.2 Å². The largest absolute Gasteiger partial charge is 0.389 e. The van der Waals surface area contributed by atoms with Gasteiger partial charge in [-0.05, 0) is 25.1 Å². The molecule has 0 unspecified atom stereocenters. The van der Waals surface area contributed by atoms with Crippen LogP contribution in [0.2, 0.25) is 5.02 Å². The molecule has 0 saturated carbocycles. The summed E-state index contributed by atoms with van der Waals surface area (Å²) in [6.07, 6.45) is 0. The second kappa shape index (κ2) is 8.05. The van der Waals surface area contributed by atoms with E-state index in [0.717, 1.165) is 0 Å². The van der Waals surface area contributed by atoms with Gasteiger partial charge in [0.15, 0.2) is 0 Å². The first-order valence-electron chi connectivity index (χ1n) is 6.51. The number of sulfonamides is 1. The fraction of sp³-hybridized carbons (Fsp3) is 0.462. The first-order chi connectivity index (χ1) is 9.84. The van der Waals surface area contributed by atoms with Gasteiger partial charge in [0.2, 0.25) is 10.0 Å². The van der Waals surface area contributed by atoms with Crippen molar-refractivity contribution in [1.82, 2.24) is 4.31 Å². The molecule has 1 rings (SSSR count). The summed E-state index contributed by atoms with van der Waals surface area (Å²) in [6.45, 7) is 5.17. The molecule has 0 aliphatic rings. The highest BCUT2D eigenvalue weighted by Crippen LogP contribution is 2.23. The topological polar surface area (TPSA) is 72.6 Å². The molecule has 8 heteroatoms. The first-order valence-corrected chi connectivity index (χ1v) is 8.74. The van der Waals surface area contributed by atoms with Crippen molar-refractivity contribution in [2.75, 3.05) is 26.3 Å². The third kappa shape index (κ3) is 4.62. The Labute approximate surface area is 136 Å². The van der Waals surface area contributed by atoms with Gasteiger partial charge in [-0.1, -0.05) is 30.7 Å². The summed E-state index contributed by atoms with van der Waals surface area (Å²) in [4.78, 5) is 0.249. The second-order valence-electron chi connectivity index (χ2n) is 4.20. The zero-order chi connectivity index (χ0) is 16.0. The summed E-state index contributed by atoms with van der Waals surface area (Å²) < 4.78 is 31.6. The van der Waals surface area contributed by atoms with E-state index in [-0.39, 0.29) is 14.9 Å². The highest BCUT2D eigenvalue weighted by Gasteiger charge is 2.23. The molecular formula is C13H19ClN2O3S2. The van der Waals surface area contributed by atoms with E-state index in [2.05, 4.69) is 0 Å². The molecular weight excluding hydrogens is 332 g/mol. The third-order valence-electron chi connectivity index (χ3n) is 2.89. The molecule has 1 aromatic rings. The van der Waals surface area contributed by atoms with Crippen molar-refractivity contribution in [3.63, 3.8) is 0 Å². The zero-order valence-corrected chi connectivity index (χ0v) is 14.4. The average molecular weight is 351 g/mol. The minimum atomic E-state index is -3.61. The minimum Gasteiger partial charge on any atom is -0.389 e. The number of rotatable bonds is 8. The SMILES string of the molecule is CCOCCN(CC)S(=O)(=O)c1ccc(C(N)=S)c(Cl)c1. The van der Waals surface area contributed by atoms with Crippen LogP contribution >= 0.6 is 23.8 Å². The van der Waals surface area contributed by atoms with Gasteiger partial charge < -0.3 is 10.5 Å². The Hall–Kier alpha value is -0.730. The fourth-order valence-corrected chi connectivity index (χ4v) is 3.80. The summed E-state index contributed by atoms with van der Waals surface area (Å²) in [5.41, 5.74) is 5.97. The summed E-state index contributed by atoms with van der Waals surface area (Å²) >= 11 is 10.9. The highest BCUT2D eigenvalue weighted by molar-refractivity contribution is 7.89. The van der Waals surface area contributed by atoms with E-state index < -0.39 is 10.0 Å². The fourth-order valence-electron chi connectivity index (χ4n) is 1.76. The first kappa shape index (κ1) is 18.3. The smallest absolute Gasteiger partial charge is 0.243 e. The number of benzene rings is 1.